The van der Waals surface area contributed by atoms with Crippen LogP contribution in [-0.2, 0) is 5.41 Å². The minimum Gasteiger partial charge on any atom is -0.309 e. The highest BCUT2D eigenvalue weighted by molar-refractivity contribution is 6.11. The summed E-state index contributed by atoms with van der Waals surface area (Å²) >= 11 is 0. The second-order valence-corrected chi connectivity index (χ2v) is 19.7. The summed E-state index contributed by atoms with van der Waals surface area (Å²) in [6, 6.07) is 82.1. The number of para-hydroxylation sites is 3. The van der Waals surface area contributed by atoms with Crippen molar-refractivity contribution in [3.8, 4) is 50.2 Å². The van der Waals surface area contributed by atoms with Crippen molar-refractivity contribution in [2.24, 2.45) is 23.7 Å². The zero-order chi connectivity index (χ0) is 43.3. The van der Waals surface area contributed by atoms with Gasteiger partial charge in [0.15, 0.2) is 0 Å². The van der Waals surface area contributed by atoms with Crippen molar-refractivity contribution in [3.05, 3.63) is 230 Å². The van der Waals surface area contributed by atoms with Crippen LogP contribution in [0.1, 0.15) is 43.2 Å². The van der Waals surface area contributed by atoms with E-state index in [0.717, 1.165) is 17.5 Å². The van der Waals surface area contributed by atoms with Crippen molar-refractivity contribution in [3.63, 3.8) is 0 Å². The zero-order valence-corrected chi connectivity index (χ0v) is 37.0. The van der Waals surface area contributed by atoms with Crippen molar-refractivity contribution >= 4 is 38.9 Å². The Hall–Kier alpha value is -7.42. The lowest BCUT2D eigenvalue weighted by molar-refractivity contribution is -0.0399. The molecule has 0 radical (unpaired) electrons. The highest BCUT2D eigenvalue weighted by Gasteiger charge is 2.61. The quantitative estimate of drug-likeness (QED) is 0.155. The van der Waals surface area contributed by atoms with Gasteiger partial charge in [0, 0.05) is 38.7 Å². The van der Waals surface area contributed by atoms with Crippen molar-refractivity contribution < 1.29 is 0 Å². The molecule has 4 fully saturated rings. The molecule has 1 spiro atoms. The molecule has 66 heavy (non-hydrogen) atoms. The number of aromatic nitrogens is 1. The lowest BCUT2D eigenvalue weighted by Gasteiger charge is -2.61. The zero-order valence-electron chi connectivity index (χ0n) is 37.0. The molecule has 0 saturated heterocycles. The smallest absolute Gasteiger partial charge is 0.0543 e. The van der Waals surface area contributed by atoms with Crippen molar-refractivity contribution in [2.45, 2.75) is 37.5 Å². The van der Waals surface area contributed by atoms with Crippen LogP contribution < -0.4 is 4.90 Å². The molecular weight excluding hydrogens is 797 g/mol. The Labute approximate surface area is 387 Å². The maximum absolute atomic E-state index is 2.71. The first-order valence-electron chi connectivity index (χ1n) is 24.2. The molecule has 4 bridgehead atoms. The first kappa shape index (κ1) is 37.9. The summed E-state index contributed by atoms with van der Waals surface area (Å²) in [4.78, 5) is 2.61. The molecule has 316 valence electrons. The predicted octanol–water partition coefficient (Wildman–Crippen LogP) is 17.0. The maximum Gasteiger partial charge on any atom is 0.0543 e. The Morgan fingerprint density at radius 1 is 0.364 bits per heavy atom. The number of hydrogen-bond donors (Lipinski definition) is 0. The van der Waals surface area contributed by atoms with Crippen molar-refractivity contribution in [2.75, 3.05) is 4.90 Å². The summed E-state index contributed by atoms with van der Waals surface area (Å²) in [5, 5.41) is 2.53. The van der Waals surface area contributed by atoms with Crippen LogP contribution in [-0.4, -0.2) is 4.57 Å². The Morgan fingerprint density at radius 2 is 0.939 bits per heavy atom. The van der Waals surface area contributed by atoms with E-state index in [-0.39, 0.29) is 5.41 Å². The summed E-state index contributed by atoms with van der Waals surface area (Å²) in [6.45, 7) is 0. The van der Waals surface area contributed by atoms with Gasteiger partial charge in [0.25, 0.3) is 0 Å². The SMILES string of the molecule is c1ccc(-c2ccc(N(c3ccccc3-c3ccccc3)c3cc4c(cc3-c3ccc5c(c3)c3ccccc3n5-c3ccccc3)-c3ccccc3C43C4CC5CC(C4)CC3C5)cc2)cc1. The fourth-order valence-electron chi connectivity index (χ4n) is 14.0. The second-order valence-electron chi connectivity index (χ2n) is 19.7. The van der Waals surface area contributed by atoms with E-state index in [1.807, 2.05) is 0 Å². The largest absolute Gasteiger partial charge is 0.309 e. The normalized spacial score (nSPS) is 21.1. The Morgan fingerprint density at radius 3 is 1.68 bits per heavy atom. The van der Waals surface area contributed by atoms with Crippen LogP contribution in [0.15, 0.2) is 218 Å². The van der Waals surface area contributed by atoms with Gasteiger partial charge in [-0.25, -0.2) is 0 Å². The fraction of sp³-hybridized carbons (Fsp3) is 0.156. The molecule has 9 aromatic carbocycles. The Balaban J connectivity index is 1.07. The highest BCUT2D eigenvalue weighted by Crippen LogP contribution is 2.70. The first-order chi connectivity index (χ1) is 32.7. The molecule has 5 aliphatic rings. The van der Waals surface area contributed by atoms with Crippen LogP contribution in [0.25, 0.3) is 72.0 Å². The van der Waals surface area contributed by atoms with Crippen LogP contribution in [0.5, 0.6) is 0 Å². The van der Waals surface area contributed by atoms with Gasteiger partial charge in [0.05, 0.1) is 22.4 Å². The third-order valence-corrected chi connectivity index (χ3v) is 16.4. The first-order valence-corrected chi connectivity index (χ1v) is 24.2. The van der Waals surface area contributed by atoms with Crippen LogP contribution in [0.2, 0.25) is 0 Å². The van der Waals surface area contributed by atoms with Gasteiger partial charge >= 0.3 is 0 Å². The summed E-state index contributed by atoms with van der Waals surface area (Å²) in [7, 11) is 0. The lowest BCUT2D eigenvalue weighted by atomic mass is 9.43. The van der Waals surface area contributed by atoms with Gasteiger partial charge < -0.3 is 9.47 Å². The van der Waals surface area contributed by atoms with E-state index < -0.39 is 0 Å². The van der Waals surface area contributed by atoms with Gasteiger partial charge in [0.1, 0.15) is 0 Å². The van der Waals surface area contributed by atoms with E-state index >= 15 is 0 Å². The number of anilines is 3. The fourth-order valence-corrected chi connectivity index (χ4v) is 14.0. The van der Waals surface area contributed by atoms with Gasteiger partial charge in [-0.15, -0.1) is 0 Å². The monoisotopic (exact) mass is 846 g/mol. The van der Waals surface area contributed by atoms with Crippen LogP contribution in [0.3, 0.4) is 0 Å². The maximum atomic E-state index is 2.71. The Bertz CT molecular complexity index is 3440. The van der Waals surface area contributed by atoms with E-state index in [0.29, 0.717) is 11.8 Å². The average Bonchev–Trinajstić information content (AvgIpc) is 3.86. The topological polar surface area (TPSA) is 8.17 Å². The molecule has 0 aliphatic heterocycles. The molecule has 4 saturated carbocycles. The van der Waals surface area contributed by atoms with E-state index in [9.17, 15) is 0 Å². The minimum atomic E-state index is 0.0153. The van der Waals surface area contributed by atoms with Gasteiger partial charge in [-0.05, 0) is 161 Å². The van der Waals surface area contributed by atoms with Crippen LogP contribution in [0.4, 0.5) is 17.1 Å². The molecule has 1 aromatic heterocycles. The standard InChI is InChI=1S/C64H50N2/c1-4-16-44(17-5-1)45-28-31-51(32-29-45)66(60-26-14-11-22-52(60)46-18-6-2-7-19-46)63-41-59-56(53-23-10-13-25-58(53)64(59)48-35-42-34-43(37-48)38-49(64)36-42)40-55(63)47-30-33-62-57(39-47)54-24-12-15-27-61(54)65(62)50-20-8-3-9-21-50/h1-33,39-43,48-49H,34-38H2. The van der Waals surface area contributed by atoms with E-state index in [1.165, 1.54) is 115 Å². The van der Waals surface area contributed by atoms with Crippen molar-refractivity contribution in [1.82, 2.24) is 4.57 Å². The third-order valence-electron chi connectivity index (χ3n) is 16.4. The number of fused-ring (bicyclic) bond motifs is 6. The average molecular weight is 847 g/mol. The molecule has 0 unspecified atom stereocenters. The summed E-state index contributed by atoms with van der Waals surface area (Å²) < 4.78 is 2.43. The third kappa shape index (κ3) is 5.61. The molecule has 2 nitrogen and oxygen atoms in total. The number of benzene rings is 9. The van der Waals surface area contributed by atoms with Gasteiger partial charge in [-0.1, -0.05) is 158 Å². The van der Waals surface area contributed by atoms with Crippen LogP contribution >= 0.6 is 0 Å². The van der Waals surface area contributed by atoms with Gasteiger partial charge in [-0.3, -0.25) is 0 Å². The molecule has 15 rings (SSSR count). The second kappa shape index (κ2) is 14.8. The number of nitrogens with zero attached hydrogens (tertiary/aromatic N) is 2. The van der Waals surface area contributed by atoms with Gasteiger partial charge in [-0.2, -0.15) is 0 Å². The summed E-state index contributed by atoms with van der Waals surface area (Å²) in [5.41, 5.74) is 20.5. The molecule has 2 heteroatoms. The van der Waals surface area contributed by atoms with Gasteiger partial charge in [0.2, 0.25) is 0 Å². The van der Waals surface area contributed by atoms with E-state index in [1.54, 1.807) is 11.1 Å². The van der Waals surface area contributed by atoms with Crippen molar-refractivity contribution in [1.29, 1.82) is 0 Å². The summed E-state index contributed by atoms with van der Waals surface area (Å²) in [6.07, 6.45) is 6.83. The molecular formula is C64H50N2. The highest BCUT2D eigenvalue weighted by atomic mass is 15.1. The molecule has 1 heterocycles. The molecule has 10 aromatic rings. The van der Waals surface area contributed by atoms with Crippen LogP contribution in [0, 0.1) is 23.7 Å². The molecule has 5 aliphatic carbocycles. The molecule has 0 amide bonds. The Kier molecular flexibility index (Phi) is 8.50. The lowest BCUT2D eigenvalue weighted by Crippen LogP contribution is -2.55. The molecule has 0 atom stereocenters. The number of rotatable bonds is 7. The van der Waals surface area contributed by atoms with E-state index in [2.05, 4.69) is 228 Å². The van der Waals surface area contributed by atoms with E-state index in [4.69, 9.17) is 0 Å². The number of hydrogen-bond acceptors (Lipinski definition) is 1. The summed E-state index contributed by atoms with van der Waals surface area (Å²) in [5.74, 6) is 3.06. The predicted molar refractivity (Wildman–Crippen MR) is 275 cm³/mol. The minimum absolute atomic E-state index is 0.0153. The molecule has 0 N–H and O–H groups in total.